The lowest BCUT2D eigenvalue weighted by Crippen LogP contribution is -2.41. The van der Waals surface area contributed by atoms with E-state index in [1.54, 1.807) is 15.9 Å². The number of hydrogen-bond acceptors (Lipinski definition) is 6. The van der Waals surface area contributed by atoms with Crippen LogP contribution in [-0.2, 0) is 22.5 Å². The number of aromatic nitrogens is 2. The summed E-state index contributed by atoms with van der Waals surface area (Å²) in [5.74, 6) is 0.165. The Morgan fingerprint density at radius 3 is 2.79 bits per heavy atom. The van der Waals surface area contributed by atoms with Gasteiger partial charge in [0, 0.05) is 17.0 Å². The smallest absolute Gasteiger partial charge is 0.263 e. The Balaban J connectivity index is 1.96. The molecule has 3 rings (SSSR count). The maximum Gasteiger partial charge on any atom is 0.263 e. The van der Waals surface area contributed by atoms with Crippen molar-refractivity contribution in [1.82, 2.24) is 14.9 Å². The predicted molar refractivity (Wildman–Crippen MR) is 116 cm³/mol. The van der Waals surface area contributed by atoms with Gasteiger partial charge in [0.15, 0.2) is 5.16 Å². The van der Waals surface area contributed by atoms with Crippen molar-refractivity contribution in [2.24, 2.45) is 0 Å². The van der Waals surface area contributed by atoms with Crippen LogP contribution < -0.4 is 10.9 Å². The second-order valence-electron chi connectivity index (χ2n) is 8.20. The van der Waals surface area contributed by atoms with Crippen molar-refractivity contribution in [2.75, 3.05) is 12.4 Å². The molecule has 1 fully saturated rings. The first-order chi connectivity index (χ1) is 13.2. The van der Waals surface area contributed by atoms with E-state index in [0.29, 0.717) is 11.7 Å². The number of amides is 1. The van der Waals surface area contributed by atoms with Crippen LogP contribution in [0.5, 0.6) is 0 Å². The number of rotatable bonds is 6. The largest absolute Gasteiger partial charge is 0.376 e. The summed E-state index contributed by atoms with van der Waals surface area (Å²) in [6.45, 7) is 11.2. The van der Waals surface area contributed by atoms with Gasteiger partial charge in [0.25, 0.3) is 5.56 Å². The number of carbonyl (C=O) groups is 1. The first kappa shape index (κ1) is 21.3. The summed E-state index contributed by atoms with van der Waals surface area (Å²) in [5.41, 5.74) is 0.786. The molecule has 1 atom stereocenters. The van der Waals surface area contributed by atoms with Gasteiger partial charge >= 0.3 is 0 Å². The third-order valence-electron chi connectivity index (χ3n) is 4.69. The number of hydrogen-bond donors (Lipinski definition) is 1. The van der Waals surface area contributed by atoms with Crippen molar-refractivity contribution >= 4 is 39.2 Å². The van der Waals surface area contributed by atoms with E-state index in [0.717, 1.165) is 46.5 Å². The third kappa shape index (κ3) is 4.78. The monoisotopic (exact) mass is 423 g/mol. The summed E-state index contributed by atoms with van der Waals surface area (Å²) >= 11 is 2.88. The molecule has 1 unspecified atom stereocenters. The molecule has 1 saturated heterocycles. The van der Waals surface area contributed by atoms with Gasteiger partial charge in [0.05, 0.1) is 23.8 Å². The van der Waals surface area contributed by atoms with Crippen LogP contribution in [0.15, 0.2) is 9.95 Å². The van der Waals surface area contributed by atoms with Gasteiger partial charge in [-0.05, 0) is 52.5 Å². The molecule has 0 saturated carbocycles. The highest BCUT2D eigenvalue weighted by Gasteiger charge is 2.23. The molecule has 0 spiro atoms. The van der Waals surface area contributed by atoms with E-state index in [1.807, 2.05) is 27.7 Å². The highest BCUT2D eigenvalue weighted by atomic mass is 32.2. The molecular formula is C20H29N3O3S2. The average molecular weight is 424 g/mol. The fourth-order valence-electron chi connectivity index (χ4n) is 3.50. The second-order valence-corrected chi connectivity index (χ2v) is 10.3. The molecule has 0 aliphatic carbocycles. The van der Waals surface area contributed by atoms with E-state index in [2.05, 4.69) is 12.2 Å². The molecule has 0 aromatic carbocycles. The molecule has 1 aliphatic heterocycles. The van der Waals surface area contributed by atoms with Gasteiger partial charge in [0.2, 0.25) is 5.91 Å². The number of fused-ring (bicyclic) bond motifs is 1. The zero-order chi connectivity index (χ0) is 20.5. The lowest BCUT2D eigenvalue weighted by atomic mass is 10.1. The Labute approximate surface area is 174 Å². The van der Waals surface area contributed by atoms with Gasteiger partial charge in [-0.15, -0.1) is 11.3 Å². The lowest BCUT2D eigenvalue weighted by Gasteiger charge is -2.20. The zero-order valence-electron chi connectivity index (χ0n) is 17.3. The van der Waals surface area contributed by atoms with E-state index < -0.39 is 0 Å². The van der Waals surface area contributed by atoms with E-state index in [4.69, 9.17) is 9.72 Å². The fourth-order valence-corrected chi connectivity index (χ4v) is 5.47. The molecule has 0 bridgehead atoms. The van der Waals surface area contributed by atoms with Crippen molar-refractivity contribution < 1.29 is 9.53 Å². The van der Waals surface area contributed by atoms with Crippen LogP contribution in [0.1, 0.15) is 51.0 Å². The van der Waals surface area contributed by atoms with Crippen molar-refractivity contribution in [3.05, 3.63) is 20.8 Å². The first-order valence-corrected chi connectivity index (χ1v) is 11.6. The van der Waals surface area contributed by atoms with Crippen LogP contribution >= 0.6 is 23.1 Å². The van der Waals surface area contributed by atoms with Crippen LogP contribution in [0.4, 0.5) is 0 Å². The Kier molecular flexibility index (Phi) is 6.51. The molecule has 1 amide bonds. The van der Waals surface area contributed by atoms with Crippen molar-refractivity contribution in [2.45, 2.75) is 77.2 Å². The number of aryl methyl sites for hydroxylation is 2. The number of ether oxygens (including phenoxy) is 1. The van der Waals surface area contributed by atoms with Gasteiger partial charge in [-0.3, -0.25) is 14.2 Å². The zero-order valence-corrected chi connectivity index (χ0v) is 18.9. The Morgan fingerprint density at radius 2 is 2.18 bits per heavy atom. The number of nitrogens with one attached hydrogen (secondary N) is 1. The van der Waals surface area contributed by atoms with E-state index >= 15 is 0 Å². The number of thioether (sulfide) groups is 1. The van der Waals surface area contributed by atoms with Gasteiger partial charge < -0.3 is 10.1 Å². The van der Waals surface area contributed by atoms with E-state index in [1.165, 1.54) is 11.8 Å². The van der Waals surface area contributed by atoms with Crippen molar-refractivity contribution in [1.29, 1.82) is 0 Å². The quantitative estimate of drug-likeness (QED) is 0.568. The normalized spacial score (nSPS) is 17.4. The molecule has 2 aromatic heterocycles. The Hall–Kier alpha value is -1.38. The van der Waals surface area contributed by atoms with Gasteiger partial charge in [-0.1, -0.05) is 18.7 Å². The predicted octanol–water partition coefficient (Wildman–Crippen LogP) is 3.51. The topological polar surface area (TPSA) is 73.2 Å². The molecule has 154 valence electrons. The lowest BCUT2D eigenvalue weighted by molar-refractivity contribution is -0.119. The minimum absolute atomic E-state index is 0.0135. The van der Waals surface area contributed by atoms with Gasteiger partial charge in [-0.2, -0.15) is 0 Å². The van der Waals surface area contributed by atoms with Crippen molar-refractivity contribution in [3.63, 3.8) is 0 Å². The fraction of sp³-hybridized carbons (Fsp3) is 0.650. The highest BCUT2D eigenvalue weighted by molar-refractivity contribution is 7.99. The molecular weight excluding hydrogens is 394 g/mol. The standard InChI is InChI=1S/C20H29N3O3S2/c1-6-14-12(2)28-17-16(14)18(25)23(10-13-8-7-9-26-13)19(21-17)27-11-15(24)22-20(3,4)5/h13H,6-11H2,1-5H3,(H,22,24). The Bertz CT molecular complexity index is 921. The Morgan fingerprint density at radius 1 is 1.43 bits per heavy atom. The van der Waals surface area contributed by atoms with Gasteiger partial charge in [0.1, 0.15) is 4.83 Å². The molecule has 0 radical (unpaired) electrons. The first-order valence-electron chi connectivity index (χ1n) is 9.78. The molecule has 1 N–H and O–H groups in total. The van der Waals surface area contributed by atoms with Crippen LogP contribution in [0.25, 0.3) is 10.2 Å². The molecule has 1 aliphatic rings. The van der Waals surface area contributed by atoms with Crippen LogP contribution in [0.3, 0.4) is 0 Å². The molecule has 3 heterocycles. The maximum absolute atomic E-state index is 13.4. The number of thiophene rings is 1. The van der Waals surface area contributed by atoms with E-state index in [9.17, 15) is 9.59 Å². The minimum atomic E-state index is -0.284. The van der Waals surface area contributed by atoms with Crippen molar-refractivity contribution in [3.8, 4) is 0 Å². The average Bonchev–Trinajstić information content (AvgIpc) is 3.21. The van der Waals surface area contributed by atoms with E-state index in [-0.39, 0.29) is 28.9 Å². The highest BCUT2D eigenvalue weighted by Crippen LogP contribution is 2.30. The van der Waals surface area contributed by atoms with Crippen LogP contribution in [0.2, 0.25) is 0 Å². The number of nitrogens with zero attached hydrogens (tertiary/aromatic N) is 2. The van der Waals surface area contributed by atoms with Crippen LogP contribution in [-0.4, -0.2) is 39.5 Å². The summed E-state index contributed by atoms with van der Waals surface area (Å²) in [4.78, 5) is 32.3. The number of carbonyl (C=O) groups excluding carboxylic acids is 1. The summed E-state index contributed by atoms with van der Waals surface area (Å²) in [6.07, 6.45) is 2.80. The van der Waals surface area contributed by atoms with Gasteiger partial charge in [-0.25, -0.2) is 4.98 Å². The molecule has 6 nitrogen and oxygen atoms in total. The second kappa shape index (κ2) is 8.55. The molecule has 28 heavy (non-hydrogen) atoms. The summed E-state index contributed by atoms with van der Waals surface area (Å²) in [5, 5.41) is 4.29. The summed E-state index contributed by atoms with van der Waals surface area (Å²) < 4.78 is 7.48. The molecule has 8 heteroatoms. The summed E-state index contributed by atoms with van der Waals surface area (Å²) in [7, 11) is 0. The molecule has 2 aromatic rings. The summed E-state index contributed by atoms with van der Waals surface area (Å²) in [6, 6.07) is 0. The maximum atomic E-state index is 13.4. The SMILES string of the molecule is CCc1c(C)sc2nc(SCC(=O)NC(C)(C)C)n(CC3CCCO3)c(=O)c12. The third-order valence-corrected chi connectivity index (χ3v) is 6.71. The van der Waals surface area contributed by atoms with Crippen LogP contribution in [0, 0.1) is 6.92 Å². The minimum Gasteiger partial charge on any atom is -0.376 e.